The summed E-state index contributed by atoms with van der Waals surface area (Å²) in [5, 5.41) is 2.54. The van der Waals surface area contributed by atoms with Crippen LogP contribution in [-0.2, 0) is 9.59 Å². The van der Waals surface area contributed by atoms with Gasteiger partial charge in [-0.05, 0) is 12.8 Å². The maximum atomic E-state index is 11.7. The molecule has 0 radical (unpaired) electrons. The summed E-state index contributed by atoms with van der Waals surface area (Å²) in [6, 6.07) is 0. The quantitative estimate of drug-likeness (QED) is 0.279. The van der Waals surface area contributed by atoms with Crippen LogP contribution in [0.1, 0.15) is 129 Å². The zero-order chi connectivity index (χ0) is 18.6. The zero-order valence-electron chi connectivity index (χ0n) is 17.0. The van der Waals surface area contributed by atoms with Gasteiger partial charge in [0.2, 0.25) is 11.8 Å². The molecular weight excluding hydrogens is 310 g/mol. The summed E-state index contributed by atoms with van der Waals surface area (Å²) < 4.78 is 0. The topological polar surface area (TPSA) is 46.2 Å². The highest BCUT2D eigenvalue weighted by atomic mass is 16.2. The number of rotatable bonds is 18. The Morgan fingerprint density at radius 3 is 1.08 bits per heavy atom. The van der Waals surface area contributed by atoms with E-state index in [1.807, 2.05) is 0 Å². The van der Waals surface area contributed by atoms with Crippen molar-refractivity contribution in [2.45, 2.75) is 129 Å². The van der Waals surface area contributed by atoms with E-state index < -0.39 is 0 Å². The Kier molecular flexibility index (Phi) is 18.8. The highest BCUT2D eigenvalue weighted by Crippen LogP contribution is 2.10. The second-order valence-corrected chi connectivity index (χ2v) is 7.42. The minimum absolute atomic E-state index is 0.0875. The number of hydrogen-bond acceptors (Lipinski definition) is 2. The van der Waals surface area contributed by atoms with Crippen molar-refractivity contribution in [2.75, 3.05) is 0 Å². The van der Waals surface area contributed by atoms with Crippen LogP contribution < -0.4 is 5.32 Å². The second kappa shape index (κ2) is 19.5. The predicted molar refractivity (Wildman–Crippen MR) is 108 cm³/mol. The van der Waals surface area contributed by atoms with Crippen LogP contribution in [0.5, 0.6) is 0 Å². The Morgan fingerprint density at radius 2 is 0.760 bits per heavy atom. The fraction of sp³-hybridized carbons (Fsp3) is 0.909. The summed E-state index contributed by atoms with van der Waals surface area (Å²) in [4.78, 5) is 23.5. The van der Waals surface area contributed by atoms with Crippen molar-refractivity contribution >= 4 is 11.8 Å². The summed E-state index contributed by atoms with van der Waals surface area (Å²) in [6.45, 7) is 4.46. The van der Waals surface area contributed by atoms with Crippen molar-refractivity contribution in [1.29, 1.82) is 0 Å². The number of nitrogens with one attached hydrogen (secondary N) is 1. The van der Waals surface area contributed by atoms with Crippen molar-refractivity contribution < 1.29 is 9.59 Å². The molecule has 0 saturated heterocycles. The molecule has 0 spiro atoms. The van der Waals surface area contributed by atoms with Gasteiger partial charge < -0.3 is 0 Å². The van der Waals surface area contributed by atoms with E-state index in [9.17, 15) is 9.59 Å². The predicted octanol–water partition coefficient (Wildman–Crippen LogP) is 6.69. The first-order valence-corrected chi connectivity index (χ1v) is 11.0. The first-order valence-electron chi connectivity index (χ1n) is 11.0. The number of hydrogen-bond donors (Lipinski definition) is 1. The number of amides is 2. The largest absolute Gasteiger partial charge is 0.296 e. The summed E-state index contributed by atoms with van der Waals surface area (Å²) >= 11 is 0. The van der Waals surface area contributed by atoms with E-state index in [4.69, 9.17) is 0 Å². The highest BCUT2D eigenvalue weighted by molar-refractivity contribution is 5.95. The molecule has 0 unspecified atom stereocenters. The molecule has 0 aliphatic carbocycles. The van der Waals surface area contributed by atoms with E-state index in [1.54, 1.807) is 0 Å². The van der Waals surface area contributed by atoms with Crippen LogP contribution in [0.25, 0.3) is 0 Å². The molecule has 148 valence electrons. The van der Waals surface area contributed by atoms with Crippen LogP contribution in [0.15, 0.2) is 0 Å². The van der Waals surface area contributed by atoms with Gasteiger partial charge in [0.25, 0.3) is 0 Å². The monoisotopic (exact) mass is 353 g/mol. The summed E-state index contributed by atoms with van der Waals surface area (Å²) in [5.74, 6) is -0.175. The molecule has 0 atom stereocenters. The zero-order valence-corrected chi connectivity index (χ0v) is 17.0. The van der Waals surface area contributed by atoms with Crippen molar-refractivity contribution in [1.82, 2.24) is 5.32 Å². The first kappa shape index (κ1) is 24.1. The normalized spacial score (nSPS) is 10.8. The summed E-state index contributed by atoms with van der Waals surface area (Å²) in [7, 11) is 0. The molecule has 3 nitrogen and oxygen atoms in total. The molecule has 3 heteroatoms. The molecule has 0 aromatic rings. The molecule has 0 rings (SSSR count). The van der Waals surface area contributed by atoms with Crippen LogP contribution in [-0.4, -0.2) is 11.8 Å². The fourth-order valence-electron chi connectivity index (χ4n) is 3.12. The number of unbranched alkanes of at least 4 members (excludes halogenated alkanes) is 14. The summed E-state index contributed by atoms with van der Waals surface area (Å²) in [6.07, 6.45) is 20.5. The molecule has 0 aliphatic rings. The molecule has 0 aromatic carbocycles. The van der Waals surface area contributed by atoms with Crippen LogP contribution in [0.2, 0.25) is 0 Å². The number of carbonyl (C=O) groups excluding carboxylic acids is 2. The van der Waals surface area contributed by atoms with Gasteiger partial charge in [0.15, 0.2) is 0 Å². The first-order chi connectivity index (χ1) is 12.2. The van der Waals surface area contributed by atoms with E-state index in [0.29, 0.717) is 12.8 Å². The van der Waals surface area contributed by atoms with E-state index in [1.165, 1.54) is 77.0 Å². The lowest BCUT2D eigenvalue weighted by Crippen LogP contribution is -2.29. The molecule has 1 N–H and O–H groups in total. The highest BCUT2D eigenvalue weighted by Gasteiger charge is 2.07. The van der Waals surface area contributed by atoms with Crippen LogP contribution >= 0.6 is 0 Å². The standard InChI is InChI=1S/C22H43NO2/c1-3-5-7-9-11-13-15-17-19-21(24)23-22(25)20-18-16-14-12-10-8-6-4-2/h3-20H2,1-2H3,(H,23,24,25). The average Bonchev–Trinajstić information content (AvgIpc) is 2.59. The molecule has 0 saturated carbocycles. The molecule has 2 amide bonds. The molecule has 0 fully saturated rings. The minimum atomic E-state index is -0.0875. The molecule has 0 bridgehead atoms. The molecule has 0 aliphatic heterocycles. The lowest BCUT2D eigenvalue weighted by atomic mass is 10.1. The maximum Gasteiger partial charge on any atom is 0.226 e. The van der Waals surface area contributed by atoms with E-state index in [0.717, 1.165) is 25.7 Å². The Hall–Kier alpha value is -0.860. The van der Waals surface area contributed by atoms with Crippen molar-refractivity contribution in [3.05, 3.63) is 0 Å². The van der Waals surface area contributed by atoms with Crippen LogP contribution in [0.4, 0.5) is 0 Å². The van der Waals surface area contributed by atoms with Gasteiger partial charge in [-0.2, -0.15) is 0 Å². The van der Waals surface area contributed by atoms with Crippen LogP contribution in [0, 0.1) is 0 Å². The Morgan fingerprint density at radius 1 is 0.480 bits per heavy atom. The maximum absolute atomic E-state index is 11.7. The van der Waals surface area contributed by atoms with Gasteiger partial charge in [0, 0.05) is 12.8 Å². The summed E-state index contributed by atoms with van der Waals surface area (Å²) in [5.41, 5.74) is 0. The lowest BCUT2D eigenvalue weighted by Gasteiger charge is -2.05. The molecule has 0 aromatic heterocycles. The molecular formula is C22H43NO2. The number of imide groups is 1. The van der Waals surface area contributed by atoms with Gasteiger partial charge in [-0.25, -0.2) is 0 Å². The molecule has 0 heterocycles. The van der Waals surface area contributed by atoms with Crippen molar-refractivity contribution in [3.8, 4) is 0 Å². The third-order valence-electron chi connectivity index (χ3n) is 4.79. The van der Waals surface area contributed by atoms with Gasteiger partial charge in [-0.3, -0.25) is 14.9 Å². The minimum Gasteiger partial charge on any atom is -0.296 e. The van der Waals surface area contributed by atoms with Crippen LogP contribution in [0.3, 0.4) is 0 Å². The molecule has 25 heavy (non-hydrogen) atoms. The van der Waals surface area contributed by atoms with Gasteiger partial charge in [-0.15, -0.1) is 0 Å². The third kappa shape index (κ3) is 19.3. The smallest absolute Gasteiger partial charge is 0.226 e. The lowest BCUT2D eigenvalue weighted by molar-refractivity contribution is -0.130. The van der Waals surface area contributed by atoms with Crippen molar-refractivity contribution in [2.24, 2.45) is 0 Å². The SMILES string of the molecule is CCCCCCCCCCC(=O)NC(=O)CCCCCCCCCC. The van der Waals surface area contributed by atoms with E-state index in [-0.39, 0.29) is 11.8 Å². The van der Waals surface area contributed by atoms with Gasteiger partial charge >= 0.3 is 0 Å². The van der Waals surface area contributed by atoms with Gasteiger partial charge in [0.05, 0.1) is 0 Å². The Labute approximate surface area is 156 Å². The third-order valence-corrected chi connectivity index (χ3v) is 4.79. The average molecular weight is 354 g/mol. The second-order valence-electron chi connectivity index (χ2n) is 7.42. The fourth-order valence-corrected chi connectivity index (χ4v) is 3.12. The number of carbonyl (C=O) groups is 2. The van der Waals surface area contributed by atoms with E-state index >= 15 is 0 Å². The van der Waals surface area contributed by atoms with E-state index in [2.05, 4.69) is 19.2 Å². The van der Waals surface area contributed by atoms with Gasteiger partial charge in [-0.1, -0.05) is 104 Å². The van der Waals surface area contributed by atoms with Gasteiger partial charge in [0.1, 0.15) is 0 Å². The van der Waals surface area contributed by atoms with Crippen molar-refractivity contribution in [3.63, 3.8) is 0 Å². The Balaban J connectivity index is 3.34. The Bertz CT molecular complexity index is 285.